The second-order valence-corrected chi connectivity index (χ2v) is 4.79. The quantitative estimate of drug-likeness (QED) is 0.574. The number of halogens is 1. The molecule has 0 aliphatic heterocycles. The van der Waals surface area contributed by atoms with Gasteiger partial charge in [0.05, 0.1) is 13.0 Å². The number of nitrogens with zero attached hydrogens (tertiary/aromatic N) is 1. The molecule has 0 atom stereocenters. The van der Waals surface area contributed by atoms with Crippen molar-refractivity contribution in [3.63, 3.8) is 0 Å². The second kappa shape index (κ2) is 9.19. The molecule has 1 amide bonds. The standard InChI is InChI=1S/C16H20ClNO3/c1-3-18(12-11-16(20)21-4-2)15(19)10-7-13-5-8-14(17)9-6-13/h5-10H,3-4,11-12H2,1-2H3/b10-7+. The summed E-state index contributed by atoms with van der Waals surface area (Å²) in [6.45, 7) is 4.90. The Kier molecular flexibility index (Phi) is 7.54. The number of carbonyl (C=O) groups excluding carboxylic acids is 2. The molecule has 0 N–H and O–H groups in total. The highest BCUT2D eigenvalue weighted by Crippen LogP contribution is 2.10. The van der Waals surface area contributed by atoms with Crippen LogP contribution >= 0.6 is 11.6 Å². The number of amides is 1. The zero-order valence-corrected chi connectivity index (χ0v) is 13.1. The van der Waals surface area contributed by atoms with E-state index >= 15 is 0 Å². The van der Waals surface area contributed by atoms with Crippen molar-refractivity contribution in [2.75, 3.05) is 19.7 Å². The smallest absolute Gasteiger partial charge is 0.307 e. The normalized spacial score (nSPS) is 10.6. The van der Waals surface area contributed by atoms with Gasteiger partial charge < -0.3 is 9.64 Å². The molecule has 1 aromatic rings. The van der Waals surface area contributed by atoms with Crippen LogP contribution in [0.2, 0.25) is 5.02 Å². The van der Waals surface area contributed by atoms with Gasteiger partial charge in [0.1, 0.15) is 0 Å². The molecule has 0 unspecified atom stereocenters. The first-order chi connectivity index (χ1) is 10.1. The van der Waals surface area contributed by atoms with E-state index in [1.807, 2.05) is 19.1 Å². The van der Waals surface area contributed by atoms with Crippen molar-refractivity contribution >= 4 is 29.6 Å². The van der Waals surface area contributed by atoms with E-state index < -0.39 is 0 Å². The van der Waals surface area contributed by atoms with Crippen molar-refractivity contribution in [1.29, 1.82) is 0 Å². The molecule has 0 spiro atoms. The Morgan fingerprint density at radius 1 is 1.24 bits per heavy atom. The van der Waals surface area contributed by atoms with E-state index in [0.29, 0.717) is 24.7 Å². The lowest BCUT2D eigenvalue weighted by molar-refractivity contribution is -0.143. The van der Waals surface area contributed by atoms with Crippen LogP contribution in [0.15, 0.2) is 30.3 Å². The number of ether oxygens (including phenoxy) is 1. The Morgan fingerprint density at radius 2 is 1.90 bits per heavy atom. The third-order valence-corrected chi connectivity index (χ3v) is 3.12. The Morgan fingerprint density at radius 3 is 2.48 bits per heavy atom. The summed E-state index contributed by atoms with van der Waals surface area (Å²) < 4.78 is 4.85. The van der Waals surface area contributed by atoms with Gasteiger partial charge in [-0.3, -0.25) is 9.59 Å². The molecule has 0 radical (unpaired) electrons. The van der Waals surface area contributed by atoms with E-state index in [-0.39, 0.29) is 18.3 Å². The minimum Gasteiger partial charge on any atom is -0.466 e. The number of hydrogen-bond acceptors (Lipinski definition) is 3. The molecule has 1 rings (SSSR count). The van der Waals surface area contributed by atoms with Crippen LogP contribution in [-0.4, -0.2) is 36.5 Å². The summed E-state index contributed by atoms with van der Waals surface area (Å²) in [5, 5.41) is 0.656. The van der Waals surface area contributed by atoms with Crippen LogP contribution in [0, 0.1) is 0 Å². The Labute approximate surface area is 130 Å². The van der Waals surface area contributed by atoms with E-state index in [0.717, 1.165) is 5.56 Å². The van der Waals surface area contributed by atoms with Crippen molar-refractivity contribution in [3.05, 3.63) is 40.9 Å². The highest BCUT2D eigenvalue weighted by Gasteiger charge is 2.11. The Bertz CT molecular complexity index is 497. The number of likely N-dealkylation sites (N-methyl/N-ethyl adjacent to an activating group) is 1. The molecule has 5 heteroatoms. The molecule has 0 saturated heterocycles. The van der Waals surface area contributed by atoms with Gasteiger partial charge in [0.15, 0.2) is 0 Å². The van der Waals surface area contributed by atoms with E-state index in [1.54, 1.807) is 30.0 Å². The lowest BCUT2D eigenvalue weighted by Crippen LogP contribution is -2.31. The molecule has 0 aliphatic carbocycles. The topological polar surface area (TPSA) is 46.6 Å². The van der Waals surface area contributed by atoms with Gasteiger partial charge in [0.2, 0.25) is 5.91 Å². The highest BCUT2D eigenvalue weighted by molar-refractivity contribution is 6.30. The van der Waals surface area contributed by atoms with Crippen LogP contribution < -0.4 is 0 Å². The van der Waals surface area contributed by atoms with Gasteiger partial charge in [-0.15, -0.1) is 0 Å². The number of carbonyl (C=O) groups is 2. The third kappa shape index (κ3) is 6.45. The Balaban J connectivity index is 2.54. The molecule has 21 heavy (non-hydrogen) atoms. The zero-order valence-electron chi connectivity index (χ0n) is 12.3. The van der Waals surface area contributed by atoms with E-state index in [1.165, 1.54) is 6.08 Å². The molecule has 0 fully saturated rings. The Hall–Kier alpha value is -1.81. The maximum Gasteiger partial charge on any atom is 0.307 e. The minimum absolute atomic E-state index is 0.128. The molecular formula is C16H20ClNO3. The summed E-state index contributed by atoms with van der Waals surface area (Å²) in [6.07, 6.45) is 3.44. The predicted molar refractivity (Wildman–Crippen MR) is 84.0 cm³/mol. The summed E-state index contributed by atoms with van der Waals surface area (Å²) in [5.41, 5.74) is 0.897. The summed E-state index contributed by atoms with van der Waals surface area (Å²) in [4.78, 5) is 25.0. The largest absolute Gasteiger partial charge is 0.466 e. The van der Waals surface area contributed by atoms with Crippen molar-refractivity contribution < 1.29 is 14.3 Å². The van der Waals surface area contributed by atoms with E-state index in [2.05, 4.69) is 0 Å². The zero-order chi connectivity index (χ0) is 15.7. The fourth-order valence-corrected chi connectivity index (χ4v) is 1.86. The van der Waals surface area contributed by atoms with Gasteiger partial charge in [-0.05, 0) is 37.6 Å². The van der Waals surface area contributed by atoms with E-state index in [4.69, 9.17) is 16.3 Å². The highest BCUT2D eigenvalue weighted by atomic mass is 35.5. The number of rotatable bonds is 7. The first-order valence-electron chi connectivity index (χ1n) is 6.95. The van der Waals surface area contributed by atoms with Gasteiger partial charge in [-0.2, -0.15) is 0 Å². The van der Waals surface area contributed by atoms with E-state index in [9.17, 15) is 9.59 Å². The number of hydrogen-bond donors (Lipinski definition) is 0. The lowest BCUT2D eigenvalue weighted by Gasteiger charge is -2.18. The molecule has 0 aromatic heterocycles. The fourth-order valence-electron chi connectivity index (χ4n) is 1.73. The van der Waals surface area contributed by atoms with Crippen LogP contribution in [0.5, 0.6) is 0 Å². The van der Waals surface area contributed by atoms with Crippen molar-refractivity contribution in [3.8, 4) is 0 Å². The fraction of sp³-hybridized carbons (Fsp3) is 0.375. The van der Waals surface area contributed by atoms with Crippen LogP contribution in [-0.2, 0) is 14.3 Å². The van der Waals surface area contributed by atoms with Crippen LogP contribution in [0.1, 0.15) is 25.8 Å². The number of esters is 1. The van der Waals surface area contributed by atoms with Crippen LogP contribution in [0.4, 0.5) is 0 Å². The third-order valence-electron chi connectivity index (χ3n) is 2.87. The van der Waals surface area contributed by atoms with Crippen LogP contribution in [0.3, 0.4) is 0 Å². The van der Waals surface area contributed by atoms with Crippen LogP contribution in [0.25, 0.3) is 6.08 Å². The van der Waals surface area contributed by atoms with Crippen molar-refractivity contribution in [2.45, 2.75) is 20.3 Å². The summed E-state index contributed by atoms with van der Waals surface area (Å²) in [5.74, 6) is -0.415. The maximum absolute atomic E-state index is 12.0. The molecule has 0 aliphatic rings. The van der Waals surface area contributed by atoms with Gasteiger partial charge in [-0.25, -0.2) is 0 Å². The summed E-state index contributed by atoms with van der Waals surface area (Å²) in [7, 11) is 0. The average Bonchev–Trinajstić information content (AvgIpc) is 2.47. The molecule has 4 nitrogen and oxygen atoms in total. The number of benzene rings is 1. The minimum atomic E-state index is -0.287. The summed E-state index contributed by atoms with van der Waals surface area (Å²) >= 11 is 5.80. The average molecular weight is 310 g/mol. The second-order valence-electron chi connectivity index (χ2n) is 4.36. The van der Waals surface area contributed by atoms with Crippen molar-refractivity contribution in [1.82, 2.24) is 4.90 Å². The van der Waals surface area contributed by atoms with Gasteiger partial charge in [0, 0.05) is 24.2 Å². The van der Waals surface area contributed by atoms with Crippen molar-refractivity contribution in [2.24, 2.45) is 0 Å². The monoisotopic (exact) mass is 309 g/mol. The molecule has 0 heterocycles. The van der Waals surface area contributed by atoms with Gasteiger partial charge in [0.25, 0.3) is 0 Å². The first-order valence-corrected chi connectivity index (χ1v) is 7.32. The molecule has 1 aromatic carbocycles. The molecule has 0 saturated carbocycles. The molecular weight excluding hydrogens is 290 g/mol. The van der Waals surface area contributed by atoms with Gasteiger partial charge >= 0.3 is 5.97 Å². The lowest BCUT2D eigenvalue weighted by atomic mass is 10.2. The van der Waals surface area contributed by atoms with Gasteiger partial charge in [-0.1, -0.05) is 23.7 Å². The summed E-state index contributed by atoms with van der Waals surface area (Å²) in [6, 6.07) is 7.20. The maximum atomic E-state index is 12.0. The first kappa shape index (κ1) is 17.2. The molecule has 0 bridgehead atoms. The molecule has 114 valence electrons. The predicted octanol–water partition coefficient (Wildman–Crippen LogP) is 3.15. The SMILES string of the molecule is CCOC(=O)CCN(CC)C(=O)/C=C/c1ccc(Cl)cc1.